The molecule has 104 valence electrons. The first-order chi connectivity index (χ1) is 9.47. The third-order valence-corrected chi connectivity index (χ3v) is 4.49. The topological polar surface area (TPSA) is 76.1 Å². The first-order valence-corrected chi connectivity index (χ1v) is 8.11. The van der Waals surface area contributed by atoms with Gasteiger partial charge in [-0.05, 0) is 24.3 Å². The Morgan fingerprint density at radius 2 is 2.20 bits per heavy atom. The molecule has 2 rings (SSSR count). The minimum Gasteiger partial charge on any atom is -0.269 e. The number of aromatic nitrogens is 1. The maximum Gasteiger partial charge on any atom is 0.264 e. The van der Waals surface area contributed by atoms with E-state index in [0.717, 1.165) is 6.08 Å². The summed E-state index contributed by atoms with van der Waals surface area (Å²) >= 11 is 7.05. The van der Waals surface area contributed by atoms with Crippen LogP contribution in [0.15, 0.2) is 46.8 Å². The van der Waals surface area contributed by atoms with Crippen molar-refractivity contribution in [1.82, 2.24) is 9.71 Å². The van der Waals surface area contributed by atoms with Gasteiger partial charge in [-0.1, -0.05) is 17.7 Å². The zero-order valence-electron chi connectivity index (χ0n) is 9.99. The van der Waals surface area contributed by atoms with Gasteiger partial charge < -0.3 is 0 Å². The molecule has 0 radical (unpaired) electrons. The van der Waals surface area contributed by atoms with Gasteiger partial charge >= 0.3 is 0 Å². The summed E-state index contributed by atoms with van der Waals surface area (Å²) in [5.74, 6) is -0.750. The third-order valence-electron chi connectivity index (χ3n) is 2.17. The van der Waals surface area contributed by atoms with Crippen LogP contribution in [0.4, 0.5) is 0 Å². The summed E-state index contributed by atoms with van der Waals surface area (Å²) in [6.45, 7) is 0. The second kappa shape index (κ2) is 6.17. The summed E-state index contributed by atoms with van der Waals surface area (Å²) in [4.78, 5) is 15.4. The monoisotopic (exact) mass is 328 g/mol. The van der Waals surface area contributed by atoms with Crippen LogP contribution in [0, 0.1) is 0 Å². The smallest absolute Gasteiger partial charge is 0.264 e. The average Bonchev–Trinajstić information content (AvgIpc) is 2.89. The van der Waals surface area contributed by atoms with E-state index in [4.69, 9.17) is 11.6 Å². The summed E-state index contributed by atoms with van der Waals surface area (Å²) < 4.78 is 25.8. The number of rotatable bonds is 4. The first kappa shape index (κ1) is 14.7. The molecule has 0 atom stereocenters. The first-order valence-electron chi connectivity index (χ1n) is 5.37. The van der Waals surface area contributed by atoms with E-state index in [2.05, 4.69) is 4.98 Å². The minimum absolute atomic E-state index is 0.0685. The Kier molecular flexibility index (Phi) is 4.53. The van der Waals surface area contributed by atoms with Crippen LogP contribution >= 0.6 is 22.9 Å². The Morgan fingerprint density at radius 3 is 2.85 bits per heavy atom. The van der Waals surface area contributed by atoms with Gasteiger partial charge in [0, 0.05) is 22.7 Å². The predicted molar refractivity (Wildman–Crippen MR) is 77.9 cm³/mol. The zero-order valence-corrected chi connectivity index (χ0v) is 12.4. The van der Waals surface area contributed by atoms with Crippen LogP contribution < -0.4 is 4.72 Å². The van der Waals surface area contributed by atoms with E-state index in [1.54, 1.807) is 17.6 Å². The highest BCUT2D eigenvalue weighted by Crippen LogP contribution is 2.15. The molecule has 1 aromatic carbocycles. The van der Waals surface area contributed by atoms with Crippen molar-refractivity contribution in [2.24, 2.45) is 0 Å². The highest BCUT2D eigenvalue weighted by molar-refractivity contribution is 7.90. The number of nitrogens with one attached hydrogen (secondary N) is 1. The lowest BCUT2D eigenvalue weighted by atomic mass is 10.4. The molecule has 1 amide bonds. The highest BCUT2D eigenvalue weighted by atomic mass is 35.5. The Labute approximate surface area is 125 Å². The van der Waals surface area contributed by atoms with E-state index < -0.39 is 15.9 Å². The average molecular weight is 329 g/mol. The van der Waals surface area contributed by atoms with E-state index in [1.807, 2.05) is 4.72 Å². The van der Waals surface area contributed by atoms with Crippen LogP contribution in [0.5, 0.6) is 0 Å². The van der Waals surface area contributed by atoms with Crippen molar-refractivity contribution in [1.29, 1.82) is 0 Å². The Hall–Kier alpha value is -1.70. The maximum absolute atomic E-state index is 11.9. The number of nitrogens with zero attached hydrogens (tertiary/aromatic N) is 1. The van der Waals surface area contributed by atoms with Gasteiger partial charge in [0.15, 0.2) is 0 Å². The maximum atomic E-state index is 11.9. The number of sulfonamides is 1. The largest absolute Gasteiger partial charge is 0.269 e. The second-order valence-electron chi connectivity index (χ2n) is 3.63. The number of amides is 1. The van der Waals surface area contributed by atoms with Gasteiger partial charge in [0.05, 0.1) is 4.90 Å². The quantitative estimate of drug-likeness (QED) is 0.874. The fourth-order valence-corrected chi connectivity index (χ4v) is 3.10. The number of hydrogen-bond acceptors (Lipinski definition) is 5. The second-order valence-corrected chi connectivity index (χ2v) is 6.68. The summed E-state index contributed by atoms with van der Waals surface area (Å²) in [6.07, 6.45) is 4.14. The molecule has 0 spiro atoms. The lowest BCUT2D eigenvalue weighted by Gasteiger charge is -2.04. The molecular weight excluding hydrogens is 320 g/mol. The summed E-state index contributed by atoms with van der Waals surface area (Å²) in [5.41, 5.74) is 0. The van der Waals surface area contributed by atoms with Crippen molar-refractivity contribution in [2.45, 2.75) is 4.90 Å². The van der Waals surface area contributed by atoms with Crippen molar-refractivity contribution >= 4 is 44.9 Å². The van der Waals surface area contributed by atoms with Crippen LogP contribution in [0.3, 0.4) is 0 Å². The van der Waals surface area contributed by atoms with E-state index in [-0.39, 0.29) is 9.92 Å². The van der Waals surface area contributed by atoms with E-state index in [9.17, 15) is 13.2 Å². The molecule has 0 saturated carbocycles. The number of carbonyl (C=O) groups is 1. The lowest BCUT2D eigenvalue weighted by molar-refractivity contribution is -0.114. The highest BCUT2D eigenvalue weighted by Gasteiger charge is 2.16. The zero-order chi connectivity index (χ0) is 14.6. The molecule has 0 fully saturated rings. The van der Waals surface area contributed by atoms with Gasteiger partial charge in [0.1, 0.15) is 5.01 Å². The number of halogens is 1. The fraction of sp³-hybridized carbons (Fsp3) is 0. The molecule has 0 saturated heterocycles. The molecule has 0 aliphatic rings. The number of thiazole rings is 1. The lowest BCUT2D eigenvalue weighted by Crippen LogP contribution is -2.28. The number of hydrogen-bond donors (Lipinski definition) is 1. The van der Waals surface area contributed by atoms with Gasteiger partial charge in [0.2, 0.25) is 0 Å². The predicted octanol–water partition coefficient (Wildman–Crippen LogP) is 2.31. The van der Waals surface area contributed by atoms with Gasteiger partial charge in [-0.3, -0.25) is 4.79 Å². The third kappa shape index (κ3) is 3.89. The summed E-state index contributed by atoms with van der Waals surface area (Å²) in [6, 6.07) is 5.66. The van der Waals surface area contributed by atoms with E-state index in [1.165, 1.54) is 35.6 Å². The SMILES string of the molecule is O=C(/C=C/c1nccs1)NS(=O)(=O)c1cccc(Cl)c1. The Morgan fingerprint density at radius 1 is 1.40 bits per heavy atom. The van der Waals surface area contributed by atoms with E-state index in [0.29, 0.717) is 5.01 Å². The molecule has 1 aromatic heterocycles. The van der Waals surface area contributed by atoms with Crippen LogP contribution in [-0.2, 0) is 14.8 Å². The normalized spacial score (nSPS) is 11.7. The standard InChI is InChI=1S/C12H9ClN2O3S2/c13-9-2-1-3-10(8-9)20(17,18)15-11(16)4-5-12-14-6-7-19-12/h1-8H,(H,15,16)/b5-4+. The van der Waals surface area contributed by atoms with Crippen molar-refractivity contribution in [3.63, 3.8) is 0 Å². The molecule has 8 heteroatoms. The molecule has 0 aliphatic heterocycles. The molecule has 0 unspecified atom stereocenters. The molecule has 0 bridgehead atoms. The number of benzene rings is 1. The van der Waals surface area contributed by atoms with Crippen LogP contribution in [0.1, 0.15) is 5.01 Å². The Bertz CT molecular complexity index is 740. The molecular formula is C12H9ClN2O3S2. The summed E-state index contributed by atoms with van der Waals surface area (Å²) in [5, 5.41) is 2.64. The van der Waals surface area contributed by atoms with Gasteiger partial charge in [-0.25, -0.2) is 18.1 Å². The molecule has 5 nitrogen and oxygen atoms in total. The van der Waals surface area contributed by atoms with Gasteiger partial charge in [-0.15, -0.1) is 11.3 Å². The van der Waals surface area contributed by atoms with Gasteiger partial charge in [-0.2, -0.15) is 0 Å². The number of carbonyl (C=O) groups excluding carboxylic acids is 1. The Balaban J connectivity index is 2.10. The van der Waals surface area contributed by atoms with Crippen LogP contribution in [0.25, 0.3) is 6.08 Å². The van der Waals surface area contributed by atoms with Crippen LogP contribution in [0.2, 0.25) is 5.02 Å². The molecule has 0 aliphatic carbocycles. The minimum atomic E-state index is -3.93. The summed E-state index contributed by atoms with van der Waals surface area (Å²) in [7, 11) is -3.93. The molecule has 20 heavy (non-hydrogen) atoms. The van der Waals surface area contributed by atoms with Gasteiger partial charge in [0.25, 0.3) is 15.9 Å². The van der Waals surface area contributed by atoms with Crippen LogP contribution in [-0.4, -0.2) is 19.3 Å². The molecule has 1 N–H and O–H groups in total. The molecule has 1 heterocycles. The van der Waals surface area contributed by atoms with Crippen molar-refractivity contribution < 1.29 is 13.2 Å². The van der Waals surface area contributed by atoms with Crippen molar-refractivity contribution in [2.75, 3.05) is 0 Å². The van der Waals surface area contributed by atoms with Crippen molar-refractivity contribution in [3.05, 3.63) is 51.9 Å². The molecule has 2 aromatic rings. The fourth-order valence-electron chi connectivity index (χ4n) is 1.32. The van der Waals surface area contributed by atoms with E-state index >= 15 is 0 Å². The van der Waals surface area contributed by atoms with Crippen molar-refractivity contribution in [3.8, 4) is 0 Å².